The van der Waals surface area contributed by atoms with Crippen LogP contribution in [0.2, 0.25) is 0 Å². The van der Waals surface area contributed by atoms with Gasteiger partial charge < -0.3 is 10.1 Å². The SMILES string of the molecule is Cc1c(NC2CCOC2C)cnn1C. The van der Waals surface area contributed by atoms with Crippen molar-refractivity contribution in [3.63, 3.8) is 0 Å². The Hall–Kier alpha value is -1.03. The molecule has 2 heterocycles. The lowest BCUT2D eigenvalue weighted by Crippen LogP contribution is -2.26. The van der Waals surface area contributed by atoms with E-state index >= 15 is 0 Å². The summed E-state index contributed by atoms with van der Waals surface area (Å²) in [6, 6.07) is 0.429. The second kappa shape index (κ2) is 3.61. The predicted octanol–water partition coefficient (Wildman–Crippen LogP) is 1.32. The minimum atomic E-state index is 0.301. The lowest BCUT2D eigenvalue weighted by molar-refractivity contribution is 0.121. The molecule has 1 aromatic rings. The summed E-state index contributed by atoms with van der Waals surface area (Å²) in [6.45, 7) is 5.03. The average molecular weight is 195 g/mol. The maximum absolute atomic E-state index is 5.49. The highest BCUT2D eigenvalue weighted by Crippen LogP contribution is 2.20. The summed E-state index contributed by atoms with van der Waals surface area (Å²) in [6.07, 6.45) is 3.25. The maximum atomic E-state index is 5.49. The zero-order valence-corrected chi connectivity index (χ0v) is 8.95. The molecule has 0 amide bonds. The zero-order chi connectivity index (χ0) is 10.1. The number of hydrogen-bond donors (Lipinski definition) is 1. The van der Waals surface area contributed by atoms with E-state index in [1.54, 1.807) is 0 Å². The summed E-state index contributed by atoms with van der Waals surface area (Å²) in [5.74, 6) is 0. The molecule has 4 heteroatoms. The quantitative estimate of drug-likeness (QED) is 0.773. The molecule has 2 unspecified atom stereocenters. The normalized spacial score (nSPS) is 26.8. The number of aromatic nitrogens is 2. The van der Waals surface area contributed by atoms with Crippen LogP contribution in [0.4, 0.5) is 5.69 Å². The van der Waals surface area contributed by atoms with Crippen molar-refractivity contribution in [1.82, 2.24) is 9.78 Å². The Morgan fingerprint density at radius 2 is 2.43 bits per heavy atom. The molecule has 14 heavy (non-hydrogen) atoms. The van der Waals surface area contributed by atoms with E-state index in [1.807, 2.05) is 17.9 Å². The van der Waals surface area contributed by atoms with Gasteiger partial charge in [0, 0.05) is 13.7 Å². The van der Waals surface area contributed by atoms with Crippen molar-refractivity contribution in [3.8, 4) is 0 Å². The van der Waals surface area contributed by atoms with Crippen LogP contribution >= 0.6 is 0 Å². The molecule has 1 aromatic heterocycles. The van der Waals surface area contributed by atoms with Gasteiger partial charge in [0.2, 0.25) is 0 Å². The molecule has 0 spiro atoms. The molecule has 4 nitrogen and oxygen atoms in total. The Balaban J connectivity index is 2.07. The topological polar surface area (TPSA) is 39.1 Å². The number of ether oxygens (including phenoxy) is 1. The van der Waals surface area contributed by atoms with Crippen molar-refractivity contribution in [1.29, 1.82) is 0 Å². The van der Waals surface area contributed by atoms with Gasteiger partial charge in [-0.2, -0.15) is 5.10 Å². The van der Waals surface area contributed by atoms with E-state index in [0.29, 0.717) is 12.1 Å². The minimum Gasteiger partial charge on any atom is -0.377 e. The summed E-state index contributed by atoms with van der Waals surface area (Å²) in [5, 5.41) is 7.67. The number of rotatable bonds is 2. The average Bonchev–Trinajstić information content (AvgIpc) is 2.68. The monoisotopic (exact) mass is 195 g/mol. The third kappa shape index (κ3) is 1.62. The Morgan fingerprint density at radius 1 is 1.64 bits per heavy atom. The molecule has 78 valence electrons. The number of anilines is 1. The first-order valence-corrected chi connectivity index (χ1v) is 5.05. The van der Waals surface area contributed by atoms with Gasteiger partial charge in [-0.05, 0) is 20.3 Å². The Bertz CT molecular complexity index is 321. The number of nitrogens with zero attached hydrogens (tertiary/aromatic N) is 2. The van der Waals surface area contributed by atoms with E-state index < -0.39 is 0 Å². The second-order valence-corrected chi connectivity index (χ2v) is 3.88. The molecule has 0 aromatic carbocycles. The first-order valence-electron chi connectivity index (χ1n) is 5.05. The summed E-state index contributed by atoms with van der Waals surface area (Å²) >= 11 is 0. The van der Waals surface area contributed by atoms with Crippen LogP contribution in [0.15, 0.2) is 6.20 Å². The van der Waals surface area contributed by atoms with Crippen molar-refractivity contribution in [2.45, 2.75) is 32.4 Å². The molecule has 0 aliphatic carbocycles. The van der Waals surface area contributed by atoms with Crippen LogP contribution in [-0.2, 0) is 11.8 Å². The van der Waals surface area contributed by atoms with Crippen molar-refractivity contribution in [2.24, 2.45) is 7.05 Å². The summed E-state index contributed by atoms with van der Waals surface area (Å²) in [4.78, 5) is 0. The van der Waals surface area contributed by atoms with E-state index in [-0.39, 0.29) is 0 Å². The molecule has 0 bridgehead atoms. The standard InChI is InChI=1S/C10H17N3O/c1-7-10(6-11-13(7)3)12-9-4-5-14-8(9)2/h6,8-9,12H,4-5H2,1-3H3. The Kier molecular flexibility index (Phi) is 2.46. The Morgan fingerprint density at radius 3 is 2.93 bits per heavy atom. The lowest BCUT2D eigenvalue weighted by atomic mass is 10.1. The van der Waals surface area contributed by atoms with Crippen molar-refractivity contribution < 1.29 is 4.74 Å². The molecular formula is C10H17N3O. The van der Waals surface area contributed by atoms with Crippen LogP contribution in [0.25, 0.3) is 0 Å². The van der Waals surface area contributed by atoms with Crippen LogP contribution in [0.1, 0.15) is 19.0 Å². The predicted molar refractivity (Wildman–Crippen MR) is 55.4 cm³/mol. The molecule has 2 rings (SSSR count). The van der Waals surface area contributed by atoms with E-state index in [9.17, 15) is 0 Å². The van der Waals surface area contributed by atoms with Crippen LogP contribution in [-0.4, -0.2) is 28.5 Å². The zero-order valence-electron chi connectivity index (χ0n) is 8.95. The van der Waals surface area contributed by atoms with Gasteiger partial charge >= 0.3 is 0 Å². The summed E-state index contributed by atoms with van der Waals surface area (Å²) in [5.41, 5.74) is 2.29. The molecular weight excluding hydrogens is 178 g/mol. The van der Waals surface area contributed by atoms with Crippen LogP contribution in [0.3, 0.4) is 0 Å². The van der Waals surface area contributed by atoms with Gasteiger partial charge in [-0.25, -0.2) is 0 Å². The number of hydrogen-bond acceptors (Lipinski definition) is 3. The van der Waals surface area contributed by atoms with E-state index in [4.69, 9.17) is 4.74 Å². The van der Waals surface area contributed by atoms with Crippen molar-refractivity contribution in [3.05, 3.63) is 11.9 Å². The molecule has 2 atom stereocenters. The Labute approximate surface area is 84.3 Å². The number of nitrogens with one attached hydrogen (secondary N) is 1. The molecule has 1 aliphatic heterocycles. The maximum Gasteiger partial charge on any atom is 0.0759 e. The molecule has 1 N–H and O–H groups in total. The fraction of sp³-hybridized carbons (Fsp3) is 0.700. The third-order valence-corrected chi connectivity index (χ3v) is 2.95. The van der Waals surface area contributed by atoms with E-state index in [1.165, 1.54) is 5.69 Å². The summed E-state index contributed by atoms with van der Waals surface area (Å²) < 4.78 is 7.37. The van der Waals surface area contributed by atoms with Gasteiger partial charge in [-0.1, -0.05) is 0 Å². The van der Waals surface area contributed by atoms with Crippen molar-refractivity contribution >= 4 is 5.69 Å². The van der Waals surface area contributed by atoms with E-state index in [0.717, 1.165) is 18.7 Å². The highest BCUT2D eigenvalue weighted by Gasteiger charge is 2.24. The second-order valence-electron chi connectivity index (χ2n) is 3.88. The van der Waals surface area contributed by atoms with Gasteiger partial charge in [0.05, 0.1) is 29.7 Å². The fourth-order valence-corrected chi connectivity index (χ4v) is 1.76. The lowest BCUT2D eigenvalue weighted by Gasteiger charge is -2.16. The van der Waals surface area contributed by atoms with E-state index in [2.05, 4.69) is 24.3 Å². The third-order valence-electron chi connectivity index (χ3n) is 2.95. The van der Waals surface area contributed by atoms with Crippen LogP contribution in [0.5, 0.6) is 0 Å². The number of aryl methyl sites for hydroxylation is 1. The minimum absolute atomic E-state index is 0.301. The first kappa shape index (κ1) is 9.52. The van der Waals surface area contributed by atoms with Gasteiger partial charge in [0.25, 0.3) is 0 Å². The highest BCUT2D eigenvalue weighted by atomic mass is 16.5. The van der Waals surface area contributed by atoms with Gasteiger partial charge in [0.1, 0.15) is 0 Å². The molecule has 1 fully saturated rings. The van der Waals surface area contributed by atoms with Gasteiger partial charge in [0.15, 0.2) is 0 Å². The molecule has 0 radical (unpaired) electrons. The molecule has 0 saturated carbocycles. The molecule has 1 aliphatic rings. The molecule has 1 saturated heterocycles. The first-order chi connectivity index (χ1) is 6.68. The van der Waals surface area contributed by atoms with Gasteiger partial charge in [-0.15, -0.1) is 0 Å². The largest absolute Gasteiger partial charge is 0.377 e. The van der Waals surface area contributed by atoms with Crippen molar-refractivity contribution in [2.75, 3.05) is 11.9 Å². The van der Waals surface area contributed by atoms with Gasteiger partial charge in [-0.3, -0.25) is 4.68 Å². The van der Waals surface area contributed by atoms with Crippen LogP contribution in [0, 0.1) is 6.92 Å². The summed E-state index contributed by atoms with van der Waals surface area (Å²) in [7, 11) is 1.95. The smallest absolute Gasteiger partial charge is 0.0759 e. The van der Waals surface area contributed by atoms with Crippen LogP contribution < -0.4 is 5.32 Å². The highest BCUT2D eigenvalue weighted by molar-refractivity contribution is 5.46. The fourth-order valence-electron chi connectivity index (χ4n) is 1.76.